The number of hydrogen-bond acceptors (Lipinski definition) is 7. The van der Waals surface area contributed by atoms with Crippen molar-refractivity contribution in [1.29, 1.82) is 0 Å². The number of aromatic nitrogens is 3. The third-order valence-corrected chi connectivity index (χ3v) is 5.97. The Morgan fingerprint density at radius 3 is 2.71 bits per heavy atom. The number of anilines is 1. The van der Waals surface area contributed by atoms with E-state index in [1.807, 2.05) is 19.3 Å². The Bertz CT molecular complexity index is 1140. The molecule has 0 saturated carbocycles. The van der Waals surface area contributed by atoms with Gasteiger partial charge < -0.3 is 18.4 Å². The Morgan fingerprint density at radius 2 is 2.06 bits per heavy atom. The Labute approximate surface area is 199 Å². The van der Waals surface area contributed by atoms with E-state index in [4.69, 9.17) is 23.4 Å². The SMILES string of the molecule is C[Si](C)OCc1nc(C(C)(C)C)cn1-c1ccc(N2CC(COc3ccon3)OC2=O)cc1F. The van der Waals surface area contributed by atoms with Crippen molar-refractivity contribution in [3.05, 3.63) is 54.1 Å². The fourth-order valence-corrected chi connectivity index (χ4v) is 3.85. The topological polar surface area (TPSA) is 91.8 Å². The number of carbonyl (C=O) groups excluding carboxylic acids is 1. The average molecular weight is 488 g/mol. The minimum absolute atomic E-state index is 0.113. The average Bonchev–Trinajstić information content (AvgIpc) is 3.50. The zero-order valence-corrected chi connectivity index (χ0v) is 20.9. The lowest BCUT2D eigenvalue weighted by atomic mass is 9.93. The molecule has 4 rings (SSSR count). The summed E-state index contributed by atoms with van der Waals surface area (Å²) in [7, 11) is -0.938. The van der Waals surface area contributed by atoms with Gasteiger partial charge in [-0.05, 0) is 36.4 Å². The molecule has 1 amide bonds. The molecule has 34 heavy (non-hydrogen) atoms. The second kappa shape index (κ2) is 9.59. The first-order valence-corrected chi connectivity index (χ1v) is 13.4. The molecule has 1 saturated heterocycles. The van der Waals surface area contributed by atoms with Crippen molar-refractivity contribution in [2.24, 2.45) is 0 Å². The van der Waals surface area contributed by atoms with E-state index in [1.165, 1.54) is 17.2 Å². The van der Waals surface area contributed by atoms with E-state index in [9.17, 15) is 4.79 Å². The first-order chi connectivity index (χ1) is 16.1. The highest BCUT2D eigenvalue weighted by Crippen LogP contribution is 2.29. The van der Waals surface area contributed by atoms with Crippen LogP contribution in [-0.2, 0) is 21.2 Å². The van der Waals surface area contributed by atoms with Gasteiger partial charge >= 0.3 is 6.09 Å². The molecular weight excluding hydrogens is 459 g/mol. The summed E-state index contributed by atoms with van der Waals surface area (Å²) in [6.07, 6.45) is 2.15. The number of halogens is 1. The van der Waals surface area contributed by atoms with Gasteiger partial charge in [0.1, 0.15) is 24.5 Å². The summed E-state index contributed by atoms with van der Waals surface area (Å²) in [5.41, 5.74) is 1.38. The van der Waals surface area contributed by atoms with Gasteiger partial charge in [0.25, 0.3) is 5.88 Å². The number of hydrogen-bond donors (Lipinski definition) is 0. The second-order valence-electron chi connectivity index (χ2n) is 9.26. The van der Waals surface area contributed by atoms with Gasteiger partial charge in [-0.15, -0.1) is 0 Å². The molecule has 0 spiro atoms. The lowest BCUT2D eigenvalue weighted by Crippen LogP contribution is -2.26. The number of carbonyl (C=O) groups is 1. The van der Waals surface area contributed by atoms with Crippen molar-refractivity contribution in [1.82, 2.24) is 14.7 Å². The minimum atomic E-state index is -0.938. The van der Waals surface area contributed by atoms with Crippen molar-refractivity contribution in [2.75, 3.05) is 18.1 Å². The smallest absolute Gasteiger partial charge is 0.414 e. The maximum absolute atomic E-state index is 15.3. The quantitative estimate of drug-likeness (QED) is 0.433. The Kier molecular flexibility index (Phi) is 6.76. The van der Waals surface area contributed by atoms with Gasteiger partial charge in [-0.2, -0.15) is 0 Å². The number of benzene rings is 1. The van der Waals surface area contributed by atoms with Crippen LogP contribution in [0.3, 0.4) is 0 Å². The van der Waals surface area contributed by atoms with Crippen molar-refractivity contribution in [3.8, 4) is 11.6 Å². The van der Waals surface area contributed by atoms with E-state index in [1.54, 1.807) is 22.8 Å². The molecule has 1 aromatic carbocycles. The van der Waals surface area contributed by atoms with Crippen LogP contribution >= 0.6 is 0 Å². The van der Waals surface area contributed by atoms with E-state index >= 15 is 4.39 Å². The standard InChI is InChI=1S/C23H28FN4O5Si/c1-23(2,3)19-12-28(20(25-19)14-32-34(4)5)18-7-6-15(10-17(18)24)27-11-16(33-22(27)29)13-30-21-8-9-31-26-21/h6-10,12,16H,11,13-14H2,1-5H3. The van der Waals surface area contributed by atoms with Gasteiger partial charge in [-0.25, -0.2) is 14.2 Å². The molecule has 0 aliphatic carbocycles. The van der Waals surface area contributed by atoms with E-state index in [-0.39, 0.29) is 18.6 Å². The lowest BCUT2D eigenvalue weighted by Gasteiger charge is -2.16. The highest BCUT2D eigenvalue weighted by molar-refractivity contribution is 6.48. The number of amides is 1. The molecule has 2 aromatic heterocycles. The number of nitrogens with zero attached hydrogens (tertiary/aromatic N) is 4. The predicted molar refractivity (Wildman–Crippen MR) is 124 cm³/mol. The van der Waals surface area contributed by atoms with Crippen LogP contribution in [0, 0.1) is 5.82 Å². The number of rotatable bonds is 8. The van der Waals surface area contributed by atoms with Crippen LogP contribution in [0.2, 0.25) is 13.1 Å². The molecule has 1 radical (unpaired) electrons. The highest BCUT2D eigenvalue weighted by atomic mass is 28.3. The van der Waals surface area contributed by atoms with Crippen LogP contribution in [0.5, 0.6) is 5.88 Å². The summed E-state index contributed by atoms with van der Waals surface area (Å²) in [4.78, 5) is 18.5. The van der Waals surface area contributed by atoms with Crippen LogP contribution in [0.15, 0.2) is 41.2 Å². The van der Waals surface area contributed by atoms with Crippen LogP contribution in [-0.4, -0.2) is 49.1 Å². The lowest BCUT2D eigenvalue weighted by molar-refractivity contribution is 0.102. The van der Waals surface area contributed by atoms with Gasteiger partial charge in [0.2, 0.25) is 9.04 Å². The molecule has 181 valence electrons. The van der Waals surface area contributed by atoms with E-state index in [0.29, 0.717) is 29.7 Å². The summed E-state index contributed by atoms with van der Waals surface area (Å²) in [5.74, 6) is 0.456. The third kappa shape index (κ3) is 5.31. The van der Waals surface area contributed by atoms with Crippen molar-refractivity contribution in [3.63, 3.8) is 0 Å². The van der Waals surface area contributed by atoms with Gasteiger partial charge in [-0.3, -0.25) is 9.47 Å². The van der Waals surface area contributed by atoms with Crippen molar-refractivity contribution >= 4 is 20.8 Å². The number of ether oxygens (including phenoxy) is 2. The monoisotopic (exact) mass is 487 g/mol. The van der Waals surface area contributed by atoms with Gasteiger partial charge in [-0.1, -0.05) is 20.8 Å². The molecule has 1 aliphatic rings. The van der Waals surface area contributed by atoms with E-state index in [2.05, 4.69) is 25.9 Å². The van der Waals surface area contributed by atoms with E-state index < -0.39 is 27.1 Å². The van der Waals surface area contributed by atoms with Crippen LogP contribution < -0.4 is 9.64 Å². The first kappa shape index (κ1) is 24.0. The summed E-state index contributed by atoms with van der Waals surface area (Å²) in [5, 5.41) is 3.65. The maximum atomic E-state index is 15.3. The molecule has 3 heterocycles. The van der Waals surface area contributed by atoms with E-state index in [0.717, 1.165) is 5.69 Å². The maximum Gasteiger partial charge on any atom is 0.414 e. The molecule has 1 fully saturated rings. The molecular formula is C23H28FN4O5Si. The Morgan fingerprint density at radius 1 is 1.26 bits per heavy atom. The fraction of sp³-hybridized carbons (Fsp3) is 0.435. The molecule has 1 aliphatic heterocycles. The van der Waals surface area contributed by atoms with Crippen molar-refractivity contribution in [2.45, 2.75) is 52.0 Å². The first-order valence-electron chi connectivity index (χ1n) is 10.9. The summed E-state index contributed by atoms with van der Waals surface area (Å²) in [6.45, 7) is 10.9. The molecule has 1 atom stereocenters. The zero-order chi connectivity index (χ0) is 24.5. The second-order valence-corrected chi connectivity index (χ2v) is 11.4. The third-order valence-electron chi connectivity index (χ3n) is 5.25. The molecule has 1 unspecified atom stereocenters. The largest absolute Gasteiger partial charge is 0.471 e. The number of cyclic esters (lactones) is 1. The Balaban J connectivity index is 1.54. The summed E-state index contributed by atoms with van der Waals surface area (Å²) < 4.78 is 38.4. The Hall–Kier alpha value is -3.18. The van der Waals surface area contributed by atoms with Crippen molar-refractivity contribution < 1.29 is 27.6 Å². The van der Waals surface area contributed by atoms with Crippen LogP contribution in [0.25, 0.3) is 5.69 Å². The van der Waals surface area contributed by atoms with Gasteiger partial charge in [0, 0.05) is 17.7 Å². The van der Waals surface area contributed by atoms with Crippen LogP contribution in [0.1, 0.15) is 32.3 Å². The molecule has 0 bridgehead atoms. The molecule has 0 N–H and O–H groups in total. The highest BCUT2D eigenvalue weighted by Gasteiger charge is 2.33. The zero-order valence-electron chi connectivity index (χ0n) is 19.9. The normalized spacial score (nSPS) is 16.4. The predicted octanol–water partition coefficient (Wildman–Crippen LogP) is 4.47. The molecule has 11 heteroatoms. The molecule has 3 aromatic rings. The van der Waals surface area contributed by atoms with Gasteiger partial charge in [0.05, 0.1) is 30.2 Å². The minimum Gasteiger partial charge on any atom is -0.471 e. The fourth-order valence-electron chi connectivity index (χ4n) is 3.43. The van der Waals surface area contributed by atoms with Gasteiger partial charge in [0.15, 0.2) is 6.10 Å². The van der Waals surface area contributed by atoms with Crippen LogP contribution in [0.4, 0.5) is 14.9 Å². The number of imidazole rings is 1. The summed E-state index contributed by atoms with van der Waals surface area (Å²) >= 11 is 0. The summed E-state index contributed by atoms with van der Waals surface area (Å²) in [6, 6.07) is 6.22. The molecule has 9 nitrogen and oxygen atoms in total.